The van der Waals surface area contributed by atoms with E-state index < -0.39 is 5.41 Å². The van der Waals surface area contributed by atoms with Crippen LogP contribution in [0.2, 0.25) is 0 Å². The maximum absolute atomic E-state index is 9.43. The molecule has 2 N–H and O–H groups in total. The predicted octanol–water partition coefficient (Wildman–Crippen LogP) is 3.29. The summed E-state index contributed by atoms with van der Waals surface area (Å²) in [6.07, 6.45) is 4.92. The van der Waals surface area contributed by atoms with Gasteiger partial charge in [-0.3, -0.25) is 9.97 Å². The van der Waals surface area contributed by atoms with Gasteiger partial charge in [-0.1, -0.05) is 12.1 Å². The average molecular weight is 453 g/mol. The maximum Gasteiger partial charge on any atom is 0.268 e. The molecule has 4 aromatic rings. The number of hydrogen-bond donors (Lipinski definition) is 2. The van der Waals surface area contributed by atoms with Crippen molar-refractivity contribution in [3.8, 4) is 40.4 Å². The highest BCUT2D eigenvalue weighted by molar-refractivity contribution is 5.62. The highest BCUT2D eigenvalue weighted by atomic mass is 16.4. The standard InChI is InChI=1S/C25H24N8O/c1-25(2,15-26)22-11-18(7-8-30-22)20-13-28-14-21(31-20)24-33-32-23(34-24)17-5-3-16(4-6-17)19-12-27-9-10-29-19/h3-8,11,13-14,19,27,29H,9-10,12H2,1-2H3. The van der Waals surface area contributed by atoms with Crippen LogP contribution in [0.5, 0.6) is 0 Å². The van der Waals surface area contributed by atoms with Gasteiger partial charge in [0.15, 0.2) is 0 Å². The first-order valence-corrected chi connectivity index (χ1v) is 11.1. The van der Waals surface area contributed by atoms with Gasteiger partial charge in [-0.25, -0.2) is 4.98 Å². The van der Waals surface area contributed by atoms with Crippen LogP contribution in [0.3, 0.4) is 0 Å². The van der Waals surface area contributed by atoms with Crippen molar-refractivity contribution >= 4 is 0 Å². The van der Waals surface area contributed by atoms with Crippen LogP contribution in [-0.2, 0) is 5.41 Å². The van der Waals surface area contributed by atoms with Crippen LogP contribution in [-0.4, -0.2) is 44.8 Å². The van der Waals surface area contributed by atoms with Gasteiger partial charge < -0.3 is 15.1 Å². The molecule has 1 fully saturated rings. The van der Waals surface area contributed by atoms with E-state index in [0.29, 0.717) is 34.9 Å². The number of nitriles is 1. The number of piperazine rings is 1. The van der Waals surface area contributed by atoms with Crippen molar-refractivity contribution in [2.45, 2.75) is 25.3 Å². The Labute approximate surface area is 197 Å². The second-order valence-corrected chi connectivity index (χ2v) is 8.70. The van der Waals surface area contributed by atoms with E-state index in [1.807, 2.05) is 38.1 Å². The molecule has 9 nitrogen and oxygen atoms in total. The molecule has 1 aromatic carbocycles. The lowest BCUT2D eigenvalue weighted by Gasteiger charge is -2.24. The molecule has 0 bridgehead atoms. The lowest BCUT2D eigenvalue weighted by Crippen LogP contribution is -2.42. The number of rotatable bonds is 5. The predicted molar refractivity (Wildman–Crippen MR) is 126 cm³/mol. The summed E-state index contributed by atoms with van der Waals surface area (Å²) in [5.74, 6) is 0.712. The Morgan fingerprint density at radius 1 is 1.00 bits per heavy atom. The fourth-order valence-electron chi connectivity index (χ4n) is 3.79. The molecule has 1 unspecified atom stereocenters. The van der Waals surface area contributed by atoms with E-state index in [2.05, 4.69) is 54.0 Å². The summed E-state index contributed by atoms with van der Waals surface area (Å²) >= 11 is 0. The zero-order chi connectivity index (χ0) is 23.5. The summed E-state index contributed by atoms with van der Waals surface area (Å²) in [5.41, 5.74) is 3.93. The van der Waals surface area contributed by atoms with E-state index in [-0.39, 0.29) is 0 Å². The molecule has 0 saturated carbocycles. The summed E-state index contributed by atoms with van der Waals surface area (Å²) in [4.78, 5) is 13.3. The zero-order valence-electron chi connectivity index (χ0n) is 19.0. The SMILES string of the molecule is CC(C)(C#N)c1cc(-c2cncc(-c3nnc(-c4ccc(C5CNCCN5)cc4)o3)n2)ccn1. The highest BCUT2D eigenvalue weighted by Crippen LogP contribution is 2.27. The molecule has 4 heterocycles. The smallest absolute Gasteiger partial charge is 0.268 e. The Kier molecular flexibility index (Phi) is 5.84. The van der Waals surface area contributed by atoms with Gasteiger partial charge in [0, 0.05) is 43.0 Å². The lowest BCUT2D eigenvalue weighted by atomic mass is 9.90. The highest BCUT2D eigenvalue weighted by Gasteiger charge is 2.22. The number of benzene rings is 1. The molecule has 34 heavy (non-hydrogen) atoms. The van der Waals surface area contributed by atoms with Crippen molar-refractivity contribution in [2.24, 2.45) is 0 Å². The van der Waals surface area contributed by atoms with E-state index in [1.165, 1.54) is 5.56 Å². The van der Waals surface area contributed by atoms with Crippen LogP contribution in [0.4, 0.5) is 0 Å². The molecular weight excluding hydrogens is 428 g/mol. The van der Waals surface area contributed by atoms with Crippen LogP contribution in [0, 0.1) is 11.3 Å². The fraction of sp³-hybridized carbons (Fsp3) is 0.280. The summed E-state index contributed by atoms with van der Waals surface area (Å²) in [7, 11) is 0. The number of pyridine rings is 1. The van der Waals surface area contributed by atoms with Gasteiger partial charge >= 0.3 is 0 Å². The molecule has 1 aliphatic heterocycles. The molecule has 0 aliphatic carbocycles. The van der Waals surface area contributed by atoms with Gasteiger partial charge in [0.2, 0.25) is 5.89 Å². The van der Waals surface area contributed by atoms with Crippen molar-refractivity contribution in [1.29, 1.82) is 5.26 Å². The van der Waals surface area contributed by atoms with Crippen molar-refractivity contribution in [1.82, 2.24) is 35.8 Å². The fourth-order valence-corrected chi connectivity index (χ4v) is 3.79. The zero-order valence-corrected chi connectivity index (χ0v) is 19.0. The van der Waals surface area contributed by atoms with Gasteiger partial charge in [-0.05, 0) is 43.7 Å². The molecule has 5 rings (SSSR count). The van der Waals surface area contributed by atoms with Crippen LogP contribution in [0.25, 0.3) is 34.3 Å². The van der Waals surface area contributed by atoms with E-state index in [0.717, 1.165) is 30.8 Å². The van der Waals surface area contributed by atoms with E-state index >= 15 is 0 Å². The number of nitrogens with zero attached hydrogens (tertiary/aromatic N) is 6. The van der Waals surface area contributed by atoms with Crippen molar-refractivity contribution in [3.63, 3.8) is 0 Å². The maximum atomic E-state index is 9.43. The third kappa shape index (κ3) is 4.41. The Morgan fingerprint density at radius 2 is 1.79 bits per heavy atom. The van der Waals surface area contributed by atoms with Crippen LogP contribution in [0.15, 0.2) is 59.4 Å². The molecule has 0 radical (unpaired) electrons. The summed E-state index contributed by atoms with van der Waals surface area (Å²) in [6, 6.07) is 14.4. The largest absolute Gasteiger partial charge is 0.415 e. The molecule has 9 heteroatoms. The first kappa shape index (κ1) is 21.8. The Bertz CT molecular complexity index is 1330. The van der Waals surface area contributed by atoms with Crippen molar-refractivity contribution in [2.75, 3.05) is 19.6 Å². The van der Waals surface area contributed by atoms with Crippen LogP contribution >= 0.6 is 0 Å². The molecule has 0 amide bonds. The minimum absolute atomic E-state index is 0.290. The summed E-state index contributed by atoms with van der Waals surface area (Å²) in [6.45, 7) is 6.51. The third-order valence-electron chi connectivity index (χ3n) is 5.86. The summed E-state index contributed by atoms with van der Waals surface area (Å²) in [5, 5.41) is 24.7. The Morgan fingerprint density at radius 3 is 2.56 bits per heavy atom. The molecule has 0 spiro atoms. The normalized spacial score (nSPS) is 16.2. The first-order chi connectivity index (χ1) is 16.5. The third-order valence-corrected chi connectivity index (χ3v) is 5.86. The monoisotopic (exact) mass is 452 g/mol. The van der Waals surface area contributed by atoms with Crippen LogP contribution in [0.1, 0.15) is 31.1 Å². The number of aromatic nitrogens is 5. The average Bonchev–Trinajstić information content (AvgIpc) is 3.40. The Balaban J connectivity index is 1.39. The second kappa shape index (κ2) is 9.09. The lowest BCUT2D eigenvalue weighted by molar-refractivity contribution is 0.430. The van der Waals surface area contributed by atoms with Gasteiger partial charge in [-0.2, -0.15) is 5.26 Å². The van der Waals surface area contributed by atoms with Gasteiger partial charge in [0.05, 0.1) is 35.3 Å². The molecular formula is C25H24N8O. The molecule has 1 aliphatic rings. The van der Waals surface area contributed by atoms with E-state index in [1.54, 1.807) is 18.6 Å². The minimum atomic E-state index is -0.707. The van der Waals surface area contributed by atoms with Crippen LogP contribution < -0.4 is 10.6 Å². The number of nitrogens with one attached hydrogen (secondary N) is 2. The minimum Gasteiger partial charge on any atom is -0.415 e. The first-order valence-electron chi connectivity index (χ1n) is 11.1. The molecule has 1 atom stereocenters. The molecule has 170 valence electrons. The van der Waals surface area contributed by atoms with Gasteiger partial charge in [0.25, 0.3) is 5.89 Å². The van der Waals surface area contributed by atoms with E-state index in [9.17, 15) is 5.26 Å². The molecule has 3 aromatic heterocycles. The second-order valence-electron chi connectivity index (χ2n) is 8.70. The van der Waals surface area contributed by atoms with Gasteiger partial charge in [-0.15, -0.1) is 10.2 Å². The van der Waals surface area contributed by atoms with E-state index in [4.69, 9.17) is 4.42 Å². The summed E-state index contributed by atoms with van der Waals surface area (Å²) < 4.78 is 5.92. The Hall–Kier alpha value is -4.00. The molecule has 1 saturated heterocycles. The van der Waals surface area contributed by atoms with Gasteiger partial charge in [0.1, 0.15) is 5.69 Å². The van der Waals surface area contributed by atoms with Crippen molar-refractivity contribution < 1.29 is 4.42 Å². The number of hydrogen-bond acceptors (Lipinski definition) is 9. The van der Waals surface area contributed by atoms with Crippen molar-refractivity contribution in [3.05, 3.63) is 66.2 Å². The topological polar surface area (TPSA) is 125 Å². The quantitative estimate of drug-likeness (QED) is 0.469.